The summed E-state index contributed by atoms with van der Waals surface area (Å²) in [5.41, 5.74) is 1.01. The number of rotatable bonds is 4. The van der Waals surface area contributed by atoms with Gasteiger partial charge in [-0.2, -0.15) is 0 Å². The quantitative estimate of drug-likeness (QED) is 0.503. The summed E-state index contributed by atoms with van der Waals surface area (Å²) >= 11 is 0. The predicted octanol–water partition coefficient (Wildman–Crippen LogP) is 7.87. The van der Waals surface area contributed by atoms with Gasteiger partial charge in [0.15, 0.2) is 11.6 Å². The third kappa shape index (κ3) is 4.74. The van der Waals surface area contributed by atoms with Crippen LogP contribution in [0.3, 0.4) is 0 Å². The standard InChI is InChI=1S/C25H36F2/c1-17-2-4-18(5-3-17)6-7-19-8-9-21-15-22(11-10-20(21)14-19)23-12-13-24(26)25(27)16-23/h12-13,16-22H,2-11,14-15H2,1H3. The van der Waals surface area contributed by atoms with Crippen molar-refractivity contribution >= 4 is 0 Å². The van der Waals surface area contributed by atoms with Crippen LogP contribution >= 0.6 is 0 Å². The van der Waals surface area contributed by atoms with E-state index in [-0.39, 0.29) is 0 Å². The third-order valence-corrected chi connectivity index (χ3v) is 8.26. The Labute approximate surface area is 164 Å². The smallest absolute Gasteiger partial charge is 0.159 e. The van der Waals surface area contributed by atoms with Gasteiger partial charge >= 0.3 is 0 Å². The van der Waals surface area contributed by atoms with Crippen LogP contribution in [-0.4, -0.2) is 0 Å². The molecular formula is C25H36F2. The van der Waals surface area contributed by atoms with E-state index in [9.17, 15) is 8.78 Å². The molecule has 0 saturated heterocycles. The molecule has 2 heteroatoms. The van der Waals surface area contributed by atoms with Crippen LogP contribution in [-0.2, 0) is 0 Å². The molecule has 0 bridgehead atoms. The normalized spacial score (nSPS) is 37.0. The molecule has 4 atom stereocenters. The van der Waals surface area contributed by atoms with Crippen molar-refractivity contribution in [1.82, 2.24) is 0 Å². The van der Waals surface area contributed by atoms with Gasteiger partial charge in [-0.15, -0.1) is 0 Å². The van der Waals surface area contributed by atoms with Crippen molar-refractivity contribution in [2.24, 2.45) is 29.6 Å². The highest BCUT2D eigenvalue weighted by molar-refractivity contribution is 5.22. The van der Waals surface area contributed by atoms with E-state index in [0.717, 1.165) is 41.6 Å². The first-order valence-electron chi connectivity index (χ1n) is 11.5. The maximum Gasteiger partial charge on any atom is 0.159 e. The lowest BCUT2D eigenvalue weighted by molar-refractivity contribution is 0.109. The number of hydrogen-bond donors (Lipinski definition) is 0. The highest BCUT2D eigenvalue weighted by Gasteiger charge is 2.36. The first-order chi connectivity index (χ1) is 13.1. The molecule has 0 heterocycles. The SMILES string of the molecule is CC1CCC(CCC2CCC3CC(c4ccc(F)c(F)c4)CCC3C2)CC1. The molecule has 0 amide bonds. The van der Waals surface area contributed by atoms with Crippen LogP contribution in [0.1, 0.15) is 95.5 Å². The molecule has 1 aromatic rings. The monoisotopic (exact) mass is 374 g/mol. The number of halogens is 2. The molecule has 3 aliphatic carbocycles. The van der Waals surface area contributed by atoms with Gasteiger partial charge in [-0.1, -0.05) is 57.9 Å². The molecule has 150 valence electrons. The van der Waals surface area contributed by atoms with Gasteiger partial charge in [-0.05, 0) is 85.3 Å². The molecule has 0 aromatic heterocycles. The zero-order valence-corrected chi connectivity index (χ0v) is 16.9. The van der Waals surface area contributed by atoms with E-state index in [1.165, 1.54) is 82.8 Å². The number of fused-ring (bicyclic) bond motifs is 1. The maximum atomic E-state index is 13.6. The van der Waals surface area contributed by atoms with Crippen LogP contribution in [0.25, 0.3) is 0 Å². The lowest BCUT2D eigenvalue weighted by atomic mass is 9.63. The summed E-state index contributed by atoms with van der Waals surface area (Å²) in [5, 5.41) is 0. The fraction of sp³-hybridized carbons (Fsp3) is 0.760. The van der Waals surface area contributed by atoms with Crippen LogP contribution in [0.15, 0.2) is 18.2 Å². The molecule has 3 saturated carbocycles. The summed E-state index contributed by atoms with van der Waals surface area (Å²) in [7, 11) is 0. The van der Waals surface area contributed by atoms with Crippen molar-refractivity contribution in [1.29, 1.82) is 0 Å². The Morgan fingerprint density at radius 3 is 2.19 bits per heavy atom. The second-order valence-corrected chi connectivity index (χ2v) is 10.1. The van der Waals surface area contributed by atoms with Gasteiger partial charge in [-0.25, -0.2) is 8.78 Å². The Hall–Kier alpha value is -0.920. The Morgan fingerprint density at radius 1 is 0.741 bits per heavy atom. The first kappa shape index (κ1) is 19.4. The van der Waals surface area contributed by atoms with Gasteiger partial charge in [0, 0.05) is 0 Å². The molecule has 3 aliphatic rings. The Morgan fingerprint density at radius 2 is 1.41 bits per heavy atom. The zero-order valence-electron chi connectivity index (χ0n) is 16.9. The summed E-state index contributed by atoms with van der Waals surface area (Å²) in [6, 6.07) is 4.55. The minimum atomic E-state index is -0.722. The van der Waals surface area contributed by atoms with Crippen molar-refractivity contribution in [3.05, 3.63) is 35.4 Å². The highest BCUT2D eigenvalue weighted by Crippen LogP contribution is 2.48. The summed E-state index contributed by atoms with van der Waals surface area (Å²) in [6.45, 7) is 2.41. The van der Waals surface area contributed by atoms with E-state index in [0.29, 0.717) is 5.92 Å². The zero-order chi connectivity index (χ0) is 18.8. The van der Waals surface area contributed by atoms with Crippen molar-refractivity contribution in [2.75, 3.05) is 0 Å². The molecule has 3 fully saturated rings. The van der Waals surface area contributed by atoms with E-state index < -0.39 is 11.6 Å². The summed E-state index contributed by atoms with van der Waals surface area (Å²) < 4.78 is 26.8. The molecule has 0 aliphatic heterocycles. The van der Waals surface area contributed by atoms with Crippen LogP contribution < -0.4 is 0 Å². The summed E-state index contributed by atoms with van der Waals surface area (Å²) in [4.78, 5) is 0. The van der Waals surface area contributed by atoms with Crippen LogP contribution in [0.4, 0.5) is 8.78 Å². The van der Waals surface area contributed by atoms with Crippen molar-refractivity contribution in [2.45, 2.75) is 89.9 Å². The van der Waals surface area contributed by atoms with E-state index in [1.54, 1.807) is 6.07 Å². The van der Waals surface area contributed by atoms with Gasteiger partial charge < -0.3 is 0 Å². The average molecular weight is 375 g/mol. The highest BCUT2D eigenvalue weighted by atomic mass is 19.2. The number of benzene rings is 1. The fourth-order valence-corrected chi connectivity index (χ4v) is 6.41. The maximum absolute atomic E-state index is 13.6. The van der Waals surface area contributed by atoms with Gasteiger partial charge in [0.1, 0.15) is 0 Å². The van der Waals surface area contributed by atoms with Gasteiger partial charge in [-0.3, -0.25) is 0 Å². The van der Waals surface area contributed by atoms with Crippen molar-refractivity contribution < 1.29 is 8.78 Å². The summed E-state index contributed by atoms with van der Waals surface area (Å²) in [6.07, 6.45) is 16.6. The van der Waals surface area contributed by atoms with Gasteiger partial charge in [0.05, 0.1) is 0 Å². The molecule has 0 spiro atoms. The molecule has 0 nitrogen and oxygen atoms in total. The van der Waals surface area contributed by atoms with Crippen LogP contribution in [0.5, 0.6) is 0 Å². The second kappa shape index (κ2) is 8.62. The molecule has 0 N–H and O–H groups in total. The largest absolute Gasteiger partial charge is 0.204 e. The molecular weight excluding hydrogens is 338 g/mol. The molecule has 27 heavy (non-hydrogen) atoms. The lowest BCUT2D eigenvalue weighted by Crippen LogP contribution is -2.30. The molecule has 1 aromatic carbocycles. The van der Waals surface area contributed by atoms with Crippen molar-refractivity contribution in [3.63, 3.8) is 0 Å². The fourth-order valence-electron chi connectivity index (χ4n) is 6.41. The van der Waals surface area contributed by atoms with E-state index in [1.807, 2.05) is 0 Å². The molecule has 4 unspecified atom stereocenters. The second-order valence-electron chi connectivity index (χ2n) is 10.1. The third-order valence-electron chi connectivity index (χ3n) is 8.26. The van der Waals surface area contributed by atoms with Crippen molar-refractivity contribution in [3.8, 4) is 0 Å². The lowest BCUT2D eigenvalue weighted by Gasteiger charge is -2.42. The minimum absolute atomic E-state index is 0.433. The van der Waals surface area contributed by atoms with Gasteiger partial charge in [0.25, 0.3) is 0 Å². The van der Waals surface area contributed by atoms with E-state index >= 15 is 0 Å². The van der Waals surface area contributed by atoms with E-state index in [4.69, 9.17) is 0 Å². The first-order valence-corrected chi connectivity index (χ1v) is 11.5. The Kier molecular flexibility index (Phi) is 6.19. The Balaban J connectivity index is 1.25. The predicted molar refractivity (Wildman–Crippen MR) is 108 cm³/mol. The van der Waals surface area contributed by atoms with Gasteiger partial charge in [0.2, 0.25) is 0 Å². The van der Waals surface area contributed by atoms with E-state index in [2.05, 4.69) is 6.92 Å². The summed E-state index contributed by atoms with van der Waals surface area (Å²) in [5.74, 6) is 3.63. The minimum Gasteiger partial charge on any atom is -0.204 e. The number of hydrogen-bond acceptors (Lipinski definition) is 0. The molecule has 4 rings (SSSR count). The topological polar surface area (TPSA) is 0 Å². The molecule has 0 radical (unpaired) electrons. The average Bonchev–Trinajstić information content (AvgIpc) is 2.69. The van der Waals surface area contributed by atoms with Crippen LogP contribution in [0.2, 0.25) is 0 Å². The van der Waals surface area contributed by atoms with Crippen LogP contribution in [0, 0.1) is 41.2 Å². The Bertz CT molecular complexity index is 617.